The van der Waals surface area contributed by atoms with Gasteiger partial charge in [0.2, 0.25) is 6.79 Å². The second-order valence-electron chi connectivity index (χ2n) is 6.88. The van der Waals surface area contributed by atoms with E-state index < -0.39 is 0 Å². The summed E-state index contributed by atoms with van der Waals surface area (Å²) in [7, 11) is 2.08. The second kappa shape index (κ2) is 7.16. The zero-order chi connectivity index (χ0) is 18.2. The average Bonchev–Trinajstić information content (AvgIpc) is 3.46. The molecule has 1 aromatic carbocycles. The number of hydrogen-bond acceptors (Lipinski definition) is 7. The van der Waals surface area contributed by atoms with E-state index in [1.54, 1.807) is 23.1 Å². The number of hydrogen-bond donors (Lipinski definition) is 0. The van der Waals surface area contributed by atoms with Crippen LogP contribution in [0.2, 0.25) is 0 Å². The van der Waals surface area contributed by atoms with Crippen molar-refractivity contribution >= 4 is 23.1 Å². The molecule has 27 heavy (non-hydrogen) atoms. The Bertz CT molecular complexity index is 963. The van der Waals surface area contributed by atoms with Crippen LogP contribution >= 0.6 is 23.1 Å². The monoisotopic (exact) mass is 400 g/mol. The topological polar surface area (TPSA) is 62.1 Å². The molecule has 3 heterocycles. The number of fused-ring (bicyclic) bond motifs is 1. The summed E-state index contributed by atoms with van der Waals surface area (Å²) in [5.74, 6) is 4.09. The highest BCUT2D eigenvalue weighted by Gasteiger charge is 2.23. The van der Waals surface area contributed by atoms with E-state index in [1.807, 2.05) is 18.2 Å². The maximum Gasteiger partial charge on any atom is 0.231 e. The molecule has 2 aromatic heterocycles. The number of benzene rings is 1. The minimum atomic E-state index is 0.291. The van der Waals surface area contributed by atoms with Gasteiger partial charge in [-0.25, -0.2) is 4.98 Å². The first-order valence-corrected chi connectivity index (χ1v) is 11.0. The standard InChI is InChI=1S/C19H20N4O2S2/c1-23-17(12-4-2-3-5-12)21-22-19(23)27-10-14-9-26-18(20-14)13-6-7-15-16(8-13)25-11-24-15/h6-9,12H,2-5,10-11H2,1H3. The summed E-state index contributed by atoms with van der Waals surface area (Å²) >= 11 is 3.35. The number of thioether (sulfide) groups is 1. The number of rotatable bonds is 5. The van der Waals surface area contributed by atoms with E-state index in [-0.39, 0.29) is 0 Å². The molecule has 0 N–H and O–H groups in total. The number of thiazole rings is 1. The molecule has 140 valence electrons. The first kappa shape index (κ1) is 17.1. The molecule has 1 saturated carbocycles. The molecule has 0 amide bonds. The highest BCUT2D eigenvalue weighted by molar-refractivity contribution is 7.98. The number of ether oxygens (including phenoxy) is 2. The van der Waals surface area contributed by atoms with Gasteiger partial charge < -0.3 is 14.0 Å². The Morgan fingerprint density at radius 2 is 2.04 bits per heavy atom. The van der Waals surface area contributed by atoms with Crippen LogP contribution in [0, 0.1) is 0 Å². The van der Waals surface area contributed by atoms with Crippen LogP contribution in [0.1, 0.15) is 43.1 Å². The van der Waals surface area contributed by atoms with Gasteiger partial charge in [-0.2, -0.15) is 0 Å². The van der Waals surface area contributed by atoms with Crippen molar-refractivity contribution in [1.82, 2.24) is 19.7 Å². The zero-order valence-corrected chi connectivity index (χ0v) is 16.7. The van der Waals surface area contributed by atoms with E-state index in [2.05, 4.69) is 27.2 Å². The van der Waals surface area contributed by atoms with Crippen LogP contribution in [-0.4, -0.2) is 26.5 Å². The second-order valence-corrected chi connectivity index (χ2v) is 8.68. The lowest BCUT2D eigenvalue weighted by Gasteiger charge is -2.08. The van der Waals surface area contributed by atoms with Crippen molar-refractivity contribution in [2.24, 2.45) is 7.05 Å². The molecule has 1 aliphatic heterocycles. The van der Waals surface area contributed by atoms with E-state index in [1.165, 1.54) is 25.7 Å². The summed E-state index contributed by atoms with van der Waals surface area (Å²) < 4.78 is 13.0. The Morgan fingerprint density at radius 1 is 1.19 bits per heavy atom. The van der Waals surface area contributed by atoms with Gasteiger partial charge in [-0.1, -0.05) is 24.6 Å². The van der Waals surface area contributed by atoms with E-state index >= 15 is 0 Å². The molecule has 6 nitrogen and oxygen atoms in total. The Kier molecular flexibility index (Phi) is 4.53. The molecule has 3 aromatic rings. The Balaban J connectivity index is 1.27. The first-order valence-electron chi connectivity index (χ1n) is 9.14. The number of nitrogens with zero attached hydrogens (tertiary/aromatic N) is 4. The molecule has 0 unspecified atom stereocenters. The van der Waals surface area contributed by atoms with Gasteiger partial charge in [0.05, 0.1) is 5.69 Å². The van der Waals surface area contributed by atoms with Crippen molar-refractivity contribution in [2.75, 3.05) is 6.79 Å². The molecule has 1 aliphatic carbocycles. The predicted octanol–water partition coefficient (Wildman–Crippen LogP) is 4.62. The van der Waals surface area contributed by atoms with Crippen LogP contribution in [-0.2, 0) is 12.8 Å². The third kappa shape index (κ3) is 3.32. The number of aromatic nitrogens is 4. The largest absolute Gasteiger partial charge is 0.454 e. The lowest BCUT2D eigenvalue weighted by Crippen LogP contribution is -2.03. The molecule has 0 bridgehead atoms. The maximum absolute atomic E-state index is 5.46. The van der Waals surface area contributed by atoms with Crippen LogP contribution in [0.5, 0.6) is 11.5 Å². The Labute approximate surface area is 165 Å². The molecular formula is C19H20N4O2S2. The minimum Gasteiger partial charge on any atom is -0.454 e. The van der Waals surface area contributed by atoms with E-state index in [4.69, 9.17) is 14.5 Å². The van der Waals surface area contributed by atoms with Crippen molar-refractivity contribution in [1.29, 1.82) is 0 Å². The van der Waals surface area contributed by atoms with Crippen molar-refractivity contribution in [3.8, 4) is 22.1 Å². The van der Waals surface area contributed by atoms with Crippen LogP contribution in [0.25, 0.3) is 10.6 Å². The van der Waals surface area contributed by atoms with Crippen molar-refractivity contribution in [3.63, 3.8) is 0 Å². The molecule has 0 saturated heterocycles. The zero-order valence-electron chi connectivity index (χ0n) is 15.1. The van der Waals surface area contributed by atoms with Gasteiger partial charge in [-0.05, 0) is 31.0 Å². The summed E-state index contributed by atoms with van der Waals surface area (Å²) in [5, 5.41) is 12.9. The van der Waals surface area contributed by atoms with Gasteiger partial charge in [-0.3, -0.25) is 0 Å². The average molecular weight is 401 g/mol. The van der Waals surface area contributed by atoms with Crippen LogP contribution in [0.15, 0.2) is 28.7 Å². The Morgan fingerprint density at radius 3 is 2.93 bits per heavy atom. The molecular weight excluding hydrogens is 380 g/mol. The van der Waals surface area contributed by atoms with E-state index in [0.717, 1.165) is 44.5 Å². The van der Waals surface area contributed by atoms with Gasteiger partial charge in [-0.15, -0.1) is 21.5 Å². The van der Waals surface area contributed by atoms with Gasteiger partial charge >= 0.3 is 0 Å². The molecule has 0 radical (unpaired) electrons. The highest BCUT2D eigenvalue weighted by Crippen LogP contribution is 2.37. The quantitative estimate of drug-likeness (QED) is 0.583. The van der Waals surface area contributed by atoms with Crippen LogP contribution in [0.4, 0.5) is 0 Å². The van der Waals surface area contributed by atoms with Crippen molar-refractivity contribution in [2.45, 2.75) is 42.5 Å². The van der Waals surface area contributed by atoms with Crippen molar-refractivity contribution < 1.29 is 9.47 Å². The van der Waals surface area contributed by atoms with E-state index in [9.17, 15) is 0 Å². The SMILES string of the molecule is Cn1c(SCc2csc(-c3ccc4c(c3)OCO4)n2)nnc1C1CCCC1. The lowest BCUT2D eigenvalue weighted by molar-refractivity contribution is 0.174. The summed E-state index contributed by atoms with van der Waals surface area (Å²) in [5.41, 5.74) is 2.12. The maximum atomic E-state index is 5.46. The first-order chi connectivity index (χ1) is 13.3. The molecule has 8 heteroatoms. The summed E-state index contributed by atoms with van der Waals surface area (Å²) in [6, 6.07) is 5.96. The molecule has 0 spiro atoms. The third-order valence-electron chi connectivity index (χ3n) is 5.11. The lowest BCUT2D eigenvalue weighted by atomic mass is 10.1. The summed E-state index contributed by atoms with van der Waals surface area (Å²) in [6.45, 7) is 0.291. The summed E-state index contributed by atoms with van der Waals surface area (Å²) in [4.78, 5) is 4.78. The van der Waals surface area contributed by atoms with Gasteiger partial charge in [0.15, 0.2) is 16.7 Å². The fraction of sp³-hybridized carbons (Fsp3) is 0.421. The van der Waals surface area contributed by atoms with Crippen LogP contribution in [0.3, 0.4) is 0 Å². The predicted molar refractivity (Wildman–Crippen MR) is 105 cm³/mol. The molecule has 0 atom stereocenters. The smallest absolute Gasteiger partial charge is 0.231 e. The normalized spacial score (nSPS) is 16.3. The molecule has 2 aliphatic rings. The van der Waals surface area contributed by atoms with Gasteiger partial charge in [0.25, 0.3) is 0 Å². The highest BCUT2D eigenvalue weighted by atomic mass is 32.2. The molecule has 1 fully saturated rings. The Hall–Kier alpha value is -2.06. The third-order valence-corrected chi connectivity index (χ3v) is 7.10. The fourth-order valence-corrected chi connectivity index (χ4v) is 5.40. The van der Waals surface area contributed by atoms with Gasteiger partial charge in [0.1, 0.15) is 10.8 Å². The van der Waals surface area contributed by atoms with E-state index in [0.29, 0.717) is 12.7 Å². The molecule has 5 rings (SSSR count). The fourth-order valence-electron chi connectivity index (χ4n) is 3.67. The minimum absolute atomic E-state index is 0.291. The van der Waals surface area contributed by atoms with Gasteiger partial charge in [0, 0.05) is 29.7 Å². The van der Waals surface area contributed by atoms with Crippen LogP contribution < -0.4 is 9.47 Å². The summed E-state index contributed by atoms with van der Waals surface area (Å²) in [6.07, 6.45) is 5.09. The van der Waals surface area contributed by atoms with Crippen molar-refractivity contribution in [3.05, 3.63) is 35.1 Å².